The van der Waals surface area contributed by atoms with Crippen molar-refractivity contribution in [2.75, 3.05) is 31.1 Å². The van der Waals surface area contributed by atoms with Crippen molar-refractivity contribution in [3.8, 4) is 22.5 Å². The van der Waals surface area contributed by atoms with Crippen LogP contribution in [0.3, 0.4) is 0 Å². The van der Waals surface area contributed by atoms with Crippen LogP contribution in [0.2, 0.25) is 0 Å². The van der Waals surface area contributed by atoms with E-state index in [1.807, 2.05) is 24.4 Å². The summed E-state index contributed by atoms with van der Waals surface area (Å²) < 4.78 is 1.77. The van der Waals surface area contributed by atoms with Crippen LogP contribution in [-0.4, -0.2) is 61.6 Å². The Balaban J connectivity index is 1.41. The zero-order chi connectivity index (χ0) is 24.3. The molecule has 1 aromatic carbocycles. The van der Waals surface area contributed by atoms with E-state index in [-0.39, 0.29) is 0 Å². The molecule has 0 bridgehead atoms. The number of piperazine rings is 1. The lowest BCUT2D eigenvalue weighted by Crippen LogP contribution is -2.43. The fourth-order valence-corrected chi connectivity index (χ4v) is 4.37. The molecule has 180 valence electrons. The maximum absolute atomic E-state index is 10.3. The Kier molecular flexibility index (Phi) is 6.57. The number of aromatic nitrogens is 5. The quantitative estimate of drug-likeness (QED) is 0.430. The number of hydrogen-bond donors (Lipinski definition) is 2. The molecule has 8 heteroatoms. The van der Waals surface area contributed by atoms with E-state index in [2.05, 4.69) is 44.5 Å². The summed E-state index contributed by atoms with van der Waals surface area (Å²) in [5, 5.41) is 18.5. The number of aliphatic hydroxyl groups is 1. The van der Waals surface area contributed by atoms with Gasteiger partial charge in [0.2, 0.25) is 0 Å². The highest BCUT2D eigenvalue weighted by atomic mass is 16.3. The minimum atomic E-state index is -0.886. The van der Waals surface area contributed by atoms with Gasteiger partial charge in [0.25, 0.3) is 0 Å². The molecule has 1 fully saturated rings. The molecular weight excluding hydrogens is 438 g/mol. The normalized spacial score (nSPS) is 14.3. The van der Waals surface area contributed by atoms with Crippen LogP contribution in [-0.2, 0) is 13.0 Å². The van der Waals surface area contributed by atoms with E-state index in [0.717, 1.165) is 54.5 Å². The first-order valence-electron chi connectivity index (χ1n) is 12.0. The Morgan fingerprint density at radius 3 is 2.54 bits per heavy atom. The minimum Gasteiger partial charge on any atom is -0.389 e. The van der Waals surface area contributed by atoms with E-state index < -0.39 is 5.60 Å². The second-order valence-electron chi connectivity index (χ2n) is 9.58. The molecule has 1 aliphatic heterocycles. The summed E-state index contributed by atoms with van der Waals surface area (Å²) in [5.41, 5.74) is 4.92. The zero-order valence-corrected chi connectivity index (χ0v) is 20.2. The first-order valence-corrected chi connectivity index (χ1v) is 12.0. The lowest BCUT2D eigenvalue weighted by molar-refractivity contribution is 0.0578. The number of pyridine rings is 1. The fourth-order valence-electron chi connectivity index (χ4n) is 4.37. The van der Waals surface area contributed by atoms with Crippen LogP contribution >= 0.6 is 0 Å². The van der Waals surface area contributed by atoms with E-state index in [4.69, 9.17) is 10.1 Å². The van der Waals surface area contributed by atoms with Gasteiger partial charge in [0.15, 0.2) is 0 Å². The van der Waals surface area contributed by atoms with Crippen LogP contribution in [0.25, 0.3) is 22.5 Å². The molecule has 0 atom stereocenters. The predicted molar refractivity (Wildman–Crippen MR) is 137 cm³/mol. The number of rotatable bonds is 7. The van der Waals surface area contributed by atoms with Gasteiger partial charge in [-0.2, -0.15) is 5.10 Å². The molecule has 1 saturated heterocycles. The minimum absolute atomic E-state index is 0.373. The van der Waals surface area contributed by atoms with E-state index in [1.54, 1.807) is 37.1 Å². The number of anilines is 1. The Bertz CT molecular complexity index is 1260. The van der Waals surface area contributed by atoms with Crippen LogP contribution in [0.5, 0.6) is 0 Å². The fraction of sp³-hybridized carbons (Fsp3) is 0.333. The maximum atomic E-state index is 10.3. The van der Waals surface area contributed by atoms with Gasteiger partial charge in [-0.15, -0.1) is 0 Å². The van der Waals surface area contributed by atoms with Gasteiger partial charge < -0.3 is 15.3 Å². The van der Waals surface area contributed by atoms with Gasteiger partial charge in [-0.3, -0.25) is 9.67 Å². The van der Waals surface area contributed by atoms with Crippen molar-refractivity contribution in [3.63, 3.8) is 0 Å². The largest absolute Gasteiger partial charge is 0.389 e. The van der Waals surface area contributed by atoms with Gasteiger partial charge in [-0.25, -0.2) is 9.97 Å². The van der Waals surface area contributed by atoms with Gasteiger partial charge in [0.05, 0.1) is 17.8 Å². The molecule has 4 aromatic rings. The highest BCUT2D eigenvalue weighted by molar-refractivity contribution is 5.78. The summed E-state index contributed by atoms with van der Waals surface area (Å²) in [6.07, 6.45) is 7.92. The van der Waals surface area contributed by atoms with Gasteiger partial charge in [0.1, 0.15) is 11.5 Å². The summed E-state index contributed by atoms with van der Waals surface area (Å²) in [4.78, 5) is 16.1. The molecule has 4 heterocycles. The number of nitrogens with zero attached hydrogens (tertiary/aromatic N) is 6. The lowest BCUT2D eigenvalue weighted by Gasteiger charge is -2.29. The molecular formula is C27H31N7O. The van der Waals surface area contributed by atoms with Gasteiger partial charge >= 0.3 is 0 Å². The molecule has 0 amide bonds. The van der Waals surface area contributed by atoms with Crippen molar-refractivity contribution in [3.05, 3.63) is 78.6 Å². The Labute approximate surface area is 205 Å². The summed E-state index contributed by atoms with van der Waals surface area (Å²) in [5.74, 6) is 0.754. The topological polar surface area (TPSA) is 92.0 Å². The van der Waals surface area contributed by atoms with Crippen molar-refractivity contribution in [1.29, 1.82) is 0 Å². The monoisotopic (exact) mass is 469 g/mol. The average molecular weight is 470 g/mol. The molecule has 3 aromatic heterocycles. The summed E-state index contributed by atoms with van der Waals surface area (Å²) in [6.45, 7) is 8.03. The van der Waals surface area contributed by atoms with Crippen molar-refractivity contribution >= 4 is 5.69 Å². The highest BCUT2D eigenvalue weighted by Crippen LogP contribution is 2.30. The van der Waals surface area contributed by atoms with Gasteiger partial charge in [0, 0.05) is 74.2 Å². The second-order valence-corrected chi connectivity index (χ2v) is 9.58. The molecule has 0 radical (unpaired) electrons. The van der Waals surface area contributed by atoms with E-state index in [1.165, 1.54) is 11.3 Å². The van der Waals surface area contributed by atoms with E-state index in [9.17, 15) is 5.11 Å². The van der Waals surface area contributed by atoms with Crippen molar-refractivity contribution in [2.45, 2.75) is 32.4 Å². The smallest absolute Gasteiger partial charge is 0.133 e. The second kappa shape index (κ2) is 9.93. The average Bonchev–Trinajstić information content (AvgIpc) is 3.28. The molecule has 8 nitrogen and oxygen atoms in total. The molecule has 1 aliphatic rings. The van der Waals surface area contributed by atoms with Crippen LogP contribution in [0.4, 0.5) is 5.69 Å². The molecule has 0 unspecified atom stereocenters. The van der Waals surface area contributed by atoms with Crippen molar-refractivity contribution in [2.24, 2.45) is 0 Å². The summed E-state index contributed by atoms with van der Waals surface area (Å²) in [6, 6.07) is 14.5. The third-order valence-electron chi connectivity index (χ3n) is 6.01. The van der Waals surface area contributed by atoms with Gasteiger partial charge in [-0.1, -0.05) is 12.1 Å². The molecule has 0 saturated carbocycles. The van der Waals surface area contributed by atoms with E-state index >= 15 is 0 Å². The lowest BCUT2D eigenvalue weighted by atomic mass is 10.1. The van der Waals surface area contributed by atoms with Crippen LogP contribution in [0.15, 0.2) is 67.3 Å². The van der Waals surface area contributed by atoms with E-state index in [0.29, 0.717) is 13.0 Å². The van der Waals surface area contributed by atoms with Crippen molar-refractivity contribution in [1.82, 2.24) is 30.0 Å². The number of benzene rings is 1. The molecule has 2 N–H and O–H groups in total. The molecule has 0 aliphatic carbocycles. The molecule has 5 rings (SSSR count). The third-order valence-corrected chi connectivity index (χ3v) is 6.01. The number of hydrogen-bond acceptors (Lipinski definition) is 7. The molecule has 0 spiro atoms. The van der Waals surface area contributed by atoms with Crippen molar-refractivity contribution < 1.29 is 5.11 Å². The Hall–Kier alpha value is -3.62. The SMILES string of the molecule is CC(C)(O)Cn1cc(-c2ccnc(Cc3ccc(N4CCNCC4)cc3)n2)c(-c2cccnc2)n1. The maximum Gasteiger partial charge on any atom is 0.133 e. The standard InChI is InChI=1S/C27H31N7O/c1-27(2,35)19-34-18-23(26(32-34)21-4-3-10-29-17-21)24-9-11-30-25(31-24)16-20-5-7-22(8-6-20)33-14-12-28-13-15-33/h3-11,17-18,28,35H,12-16,19H2,1-2H3. The van der Waals surface area contributed by atoms with Crippen LogP contribution < -0.4 is 10.2 Å². The van der Waals surface area contributed by atoms with Crippen LogP contribution in [0, 0.1) is 0 Å². The predicted octanol–water partition coefficient (Wildman–Crippen LogP) is 3.17. The Morgan fingerprint density at radius 1 is 1.03 bits per heavy atom. The van der Waals surface area contributed by atoms with Gasteiger partial charge in [-0.05, 0) is 49.7 Å². The number of nitrogens with one attached hydrogen (secondary N) is 1. The highest BCUT2D eigenvalue weighted by Gasteiger charge is 2.20. The zero-order valence-electron chi connectivity index (χ0n) is 20.2. The summed E-state index contributed by atoms with van der Waals surface area (Å²) in [7, 11) is 0. The third kappa shape index (κ3) is 5.72. The first kappa shape index (κ1) is 23.1. The summed E-state index contributed by atoms with van der Waals surface area (Å²) >= 11 is 0. The Morgan fingerprint density at radius 2 is 1.83 bits per heavy atom. The first-order chi connectivity index (χ1) is 16.9. The molecule has 35 heavy (non-hydrogen) atoms. The van der Waals surface area contributed by atoms with Crippen LogP contribution in [0.1, 0.15) is 25.2 Å².